The number of likely N-dealkylation sites (N-methyl/N-ethyl adjacent to an activating group) is 1. The van der Waals surface area contributed by atoms with E-state index in [1.807, 2.05) is 13.8 Å². The fourth-order valence-electron chi connectivity index (χ4n) is 5.63. The largest absolute Gasteiger partial charge is 0.490 e. The third-order valence-electron chi connectivity index (χ3n) is 8.50. The molecule has 4 rings (SSSR count). The summed E-state index contributed by atoms with van der Waals surface area (Å²) in [4.78, 5) is 15.6. The number of sulfonamides is 2. The number of aryl methyl sites for hydroxylation is 2. The lowest BCUT2D eigenvalue weighted by Crippen LogP contribution is -2.48. The van der Waals surface area contributed by atoms with E-state index in [0.29, 0.717) is 19.4 Å². The maximum Gasteiger partial charge on any atom is 0.261 e. The Bertz CT molecular complexity index is 1800. The number of hydrogen-bond donors (Lipinski definition) is 2. The number of nitrogens with zero attached hydrogens (tertiary/aromatic N) is 3. The van der Waals surface area contributed by atoms with Crippen LogP contribution in [-0.4, -0.2) is 93.8 Å². The Morgan fingerprint density at radius 2 is 1.80 bits per heavy atom. The van der Waals surface area contributed by atoms with Crippen LogP contribution < -0.4 is 9.46 Å². The number of ether oxygens (including phenoxy) is 2. The minimum absolute atomic E-state index is 0.00861. The molecule has 2 N–H and O–H groups in total. The summed E-state index contributed by atoms with van der Waals surface area (Å²) < 4.78 is 88.0. The van der Waals surface area contributed by atoms with Crippen molar-refractivity contribution < 1.29 is 45.1 Å². The predicted octanol–water partition coefficient (Wildman–Crippen LogP) is 4.35. The molecule has 2 heterocycles. The third kappa shape index (κ3) is 9.16. The number of carbonyl (C=O) groups is 1. The molecular formula is C33H45FN4O9S2. The molecule has 0 radical (unpaired) electrons. The summed E-state index contributed by atoms with van der Waals surface area (Å²) in [6.45, 7) is 8.44. The third-order valence-corrected chi connectivity index (χ3v) is 12.0. The normalized spacial score (nSPS) is 20.7. The van der Waals surface area contributed by atoms with E-state index in [9.17, 15) is 31.1 Å². The zero-order valence-corrected chi connectivity index (χ0v) is 30.2. The Balaban J connectivity index is 1.69. The molecule has 0 fully saturated rings. The minimum Gasteiger partial charge on any atom is -0.490 e. The zero-order valence-electron chi connectivity index (χ0n) is 28.5. The summed E-state index contributed by atoms with van der Waals surface area (Å²) in [5.74, 6) is -1.14. The molecule has 1 aliphatic rings. The molecule has 16 heteroatoms. The smallest absolute Gasteiger partial charge is 0.261 e. The standard InChI is InChI=1S/C33H45FN4O9S2/c1-21-18-38(22(2)20-39)33(40)29-17-27(36-48(41,42)28-13-10-26(34)11-14-28)12-15-30(29)46-23(3)9-7-8-16-45-31(21)19-37(6)49(43,44)32-24(4)35-47-25(32)5/h10-15,17,21-23,31,36,39H,7-9,16,18-20H2,1-6H3/t21-,22-,23+,31-/m1/s1. The van der Waals surface area contributed by atoms with E-state index >= 15 is 0 Å². The lowest BCUT2D eigenvalue weighted by molar-refractivity contribution is -0.00835. The number of fused-ring (bicyclic) bond motifs is 1. The van der Waals surface area contributed by atoms with Gasteiger partial charge in [0, 0.05) is 38.3 Å². The Morgan fingerprint density at radius 1 is 1.10 bits per heavy atom. The van der Waals surface area contributed by atoms with E-state index in [-0.39, 0.29) is 64.0 Å². The van der Waals surface area contributed by atoms with Gasteiger partial charge in [0.15, 0.2) is 5.76 Å². The summed E-state index contributed by atoms with van der Waals surface area (Å²) >= 11 is 0. The number of halogens is 1. The topological polar surface area (TPSA) is 169 Å². The highest BCUT2D eigenvalue weighted by Gasteiger charge is 2.34. The van der Waals surface area contributed by atoms with Crippen LogP contribution in [0.3, 0.4) is 0 Å². The number of nitrogens with one attached hydrogen (secondary N) is 1. The fourth-order valence-corrected chi connectivity index (χ4v) is 8.14. The second kappa shape index (κ2) is 16.0. The zero-order chi connectivity index (χ0) is 36.1. The van der Waals surface area contributed by atoms with Crippen molar-refractivity contribution >= 4 is 31.6 Å². The molecule has 0 spiro atoms. The quantitative estimate of drug-likeness (QED) is 0.324. The summed E-state index contributed by atoms with van der Waals surface area (Å²) in [5, 5.41) is 14.0. The predicted molar refractivity (Wildman–Crippen MR) is 180 cm³/mol. The van der Waals surface area contributed by atoms with Gasteiger partial charge in [0.05, 0.1) is 35.3 Å². The molecule has 270 valence electrons. The van der Waals surface area contributed by atoms with Crippen molar-refractivity contribution in [3.63, 3.8) is 0 Å². The molecule has 0 bridgehead atoms. The second-order valence-corrected chi connectivity index (χ2v) is 16.2. The van der Waals surface area contributed by atoms with Crippen LogP contribution in [0, 0.1) is 25.6 Å². The molecule has 4 atom stereocenters. The van der Waals surface area contributed by atoms with Gasteiger partial charge in [-0.25, -0.2) is 21.2 Å². The molecule has 49 heavy (non-hydrogen) atoms. The van der Waals surface area contributed by atoms with Gasteiger partial charge in [0.2, 0.25) is 10.0 Å². The van der Waals surface area contributed by atoms with Crippen LogP contribution in [0.4, 0.5) is 10.1 Å². The number of hydrogen-bond acceptors (Lipinski definition) is 10. The van der Waals surface area contributed by atoms with Crippen molar-refractivity contribution in [2.45, 2.75) is 81.9 Å². The number of aliphatic hydroxyl groups excluding tert-OH is 1. The van der Waals surface area contributed by atoms with Crippen molar-refractivity contribution in [3.05, 3.63) is 65.3 Å². The monoisotopic (exact) mass is 724 g/mol. The minimum atomic E-state index is -4.13. The van der Waals surface area contributed by atoms with Gasteiger partial charge in [-0.1, -0.05) is 12.1 Å². The molecule has 13 nitrogen and oxygen atoms in total. The highest BCUT2D eigenvalue weighted by molar-refractivity contribution is 7.92. The molecule has 1 amide bonds. The van der Waals surface area contributed by atoms with E-state index < -0.39 is 49.8 Å². The highest BCUT2D eigenvalue weighted by atomic mass is 32.2. The number of aromatic nitrogens is 1. The maximum atomic E-state index is 14.4. The van der Waals surface area contributed by atoms with Gasteiger partial charge >= 0.3 is 0 Å². The van der Waals surface area contributed by atoms with Crippen LogP contribution in [0.1, 0.15) is 61.8 Å². The SMILES string of the molecule is Cc1noc(C)c1S(=O)(=O)N(C)C[C@H]1OCCCC[C@H](C)Oc2ccc(NS(=O)(=O)c3ccc(F)cc3)cc2C(=O)N([C@H](C)CO)C[C@H]1C. The van der Waals surface area contributed by atoms with Crippen LogP contribution in [0.25, 0.3) is 0 Å². The molecular weight excluding hydrogens is 680 g/mol. The Kier molecular flexibility index (Phi) is 12.5. The van der Waals surface area contributed by atoms with E-state index in [4.69, 9.17) is 14.0 Å². The molecule has 0 unspecified atom stereocenters. The highest BCUT2D eigenvalue weighted by Crippen LogP contribution is 2.30. The molecule has 3 aromatic rings. The molecule has 0 aliphatic carbocycles. The first-order valence-corrected chi connectivity index (χ1v) is 19.0. The number of aliphatic hydroxyl groups is 1. The number of rotatable bonds is 9. The first kappa shape index (κ1) is 38.2. The van der Waals surface area contributed by atoms with Crippen LogP contribution in [0.5, 0.6) is 5.75 Å². The first-order chi connectivity index (χ1) is 23.0. The summed E-state index contributed by atoms with van der Waals surface area (Å²) in [6.07, 6.45) is 1.05. The number of amides is 1. The number of anilines is 1. The number of carbonyl (C=O) groups excluding carboxylic acids is 1. The molecule has 2 aromatic carbocycles. The second-order valence-electron chi connectivity index (χ2n) is 12.5. The fraction of sp³-hybridized carbons (Fsp3) is 0.515. The molecule has 1 aromatic heterocycles. The Morgan fingerprint density at radius 3 is 2.43 bits per heavy atom. The van der Waals surface area contributed by atoms with Crippen molar-refractivity contribution in [2.24, 2.45) is 5.92 Å². The average Bonchev–Trinajstić information content (AvgIpc) is 3.40. The van der Waals surface area contributed by atoms with Gasteiger partial charge in [0.1, 0.15) is 22.2 Å². The lowest BCUT2D eigenvalue weighted by atomic mass is 10.0. The van der Waals surface area contributed by atoms with Gasteiger partial charge in [-0.05, 0) is 89.4 Å². The van der Waals surface area contributed by atoms with E-state index in [1.165, 1.54) is 41.4 Å². The Hall–Kier alpha value is -3.57. The van der Waals surface area contributed by atoms with Gasteiger partial charge < -0.3 is 24.0 Å². The molecule has 0 saturated heterocycles. The summed E-state index contributed by atoms with van der Waals surface area (Å²) in [5.41, 5.74) is 0.379. The van der Waals surface area contributed by atoms with E-state index in [0.717, 1.165) is 30.7 Å². The van der Waals surface area contributed by atoms with Crippen LogP contribution >= 0.6 is 0 Å². The van der Waals surface area contributed by atoms with Gasteiger partial charge in [-0.15, -0.1) is 0 Å². The molecule has 0 saturated carbocycles. The van der Waals surface area contributed by atoms with Gasteiger partial charge in [0.25, 0.3) is 15.9 Å². The average molecular weight is 725 g/mol. The van der Waals surface area contributed by atoms with Crippen molar-refractivity contribution in [1.29, 1.82) is 0 Å². The van der Waals surface area contributed by atoms with Crippen LogP contribution in [0.15, 0.2) is 56.8 Å². The van der Waals surface area contributed by atoms with Crippen molar-refractivity contribution in [1.82, 2.24) is 14.4 Å². The van der Waals surface area contributed by atoms with E-state index in [2.05, 4.69) is 9.88 Å². The summed E-state index contributed by atoms with van der Waals surface area (Å²) in [6, 6.07) is 8.02. The summed E-state index contributed by atoms with van der Waals surface area (Å²) in [7, 11) is -6.67. The maximum absolute atomic E-state index is 14.4. The van der Waals surface area contributed by atoms with E-state index in [1.54, 1.807) is 13.8 Å². The number of benzene rings is 2. The lowest BCUT2D eigenvalue weighted by Gasteiger charge is -2.35. The van der Waals surface area contributed by atoms with Crippen LogP contribution in [0.2, 0.25) is 0 Å². The Labute approximate surface area is 287 Å². The first-order valence-electron chi connectivity index (χ1n) is 16.1. The van der Waals surface area contributed by atoms with Crippen molar-refractivity contribution in [2.75, 3.05) is 38.1 Å². The van der Waals surface area contributed by atoms with Crippen molar-refractivity contribution in [3.8, 4) is 5.75 Å². The van der Waals surface area contributed by atoms with Gasteiger partial charge in [-0.2, -0.15) is 4.31 Å². The van der Waals surface area contributed by atoms with Gasteiger partial charge in [-0.3, -0.25) is 9.52 Å². The van der Waals surface area contributed by atoms with Crippen LogP contribution in [-0.2, 0) is 24.8 Å². The molecule has 1 aliphatic heterocycles.